The molecule has 0 radical (unpaired) electrons. The monoisotopic (exact) mass is 469 g/mol. The smallest absolute Gasteiger partial charge is 0.306 e. The Morgan fingerprint density at radius 3 is 2.38 bits per heavy atom. The van der Waals surface area contributed by atoms with Crippen LogP contribution in [0, 0.1) is 11.3 Å². The van der Waals surface area contributed by atoms with E-state index in [1.807, 2.05) is 12.1 Å². The van der Waals surface area contributed by atoms with Gasteiger partial charge in [0.15, 0.2) is 0 Å². The Hall–Kier alpha value is -2.16. The molecule has 0 aliphatic heterocycles. The highest BCUT2D eigenvalue weighted by Gasteiger charge is 2.44. The highest BCUT2D eigenvalue weighted by molar-refractivity contribution is 6.30. The SMILES string of the molecule is COCCC(CC1(C(=O)NC(COCc2ccc(Cl)cc2)CC(=O)O)CCCC1)C(=O)O. The molecular formula is C23H32ClNO7. The number of nitrogens with one attached hydrogen (secondary N) is 1. The van der Waals surface area contributed by atoms with E-state index in [9.17, 15) is 24.6 Å². The minimum absolute atomic E-state index is 0.0305. The predicted octanol–water partition coefficient (Wildman–Crippen LogP) is 3.50. The lowest BCUT2D eigenvalue weighted by molar-refractivity contribution is -0.145. The number of amides is 1. The number of carboxylic acid groups (broad SMARTS) is 2. The molecule has 0 spiro atoms. The molecule has 1 aromatic rings. The van der Waals surface area contributed by atoms with Gasteiger partial charge in [-0.05, 0) is 43.4 Å². The van der Waals surface area contributed by atoms with Gasteiger partial charge in [-0.15, -0.1) is 0 Å². The summed E-state index contributed by atoms with van der Waals surface area (Å²) >= 11 is 5.87. The Kier molecular flexibility index (Phi) is 10.4. The lowest BCUT2D eigenvalue weighted by Crippen LogP contribution is -2.48. The fourth-order valence-corrected chi connectivity index (χ4v) is 4.35. The minimum Gasteiger partial charge on any atom is -0.481 e. The molecule has 8 nitrogen and oxygen atoms in total. The third-order valence-electron chi connectivity index (χ3n) is 5.96. The zero-order chi connectivity index (χ0) is 23.6. The van der Waals surface area contributed by atoms with Crippen molar-refractivity contribution in [2.75, 3.05) is 20.3 Å². The number of halogens is 1. The Labute approximate surface area is 193 Å². The van der Waals surface area contributed by atoms with Gasteiger partial charge in [0.1, 0.15) is 0 Å². The van der Waals surface area contributed by atoms with Crippen molar-refractivity contribution >= 4 is 29.4 Å². The van der Waals surface area contributed by atoms with Crippen LogP contribution in [0.3, 0.4) is 0 Å². The van der Waals surface area contributed by atoms with Crippen molar-refractivity contribution < 1.29 is 34.1 Å². The summed E-state index contributed by atoms with van der Waals surface area (Å²) in [6.45, 7) is 0.587. The van der Waals surface area contributed by atoms with Crippen LogP contribution in [0.5, 0.6) is 0 Å². The summed E-state index contributed by atoms with van der Waals surface area (Å²) in [6.07, 6.45) is 3.09. The van der Waals surface area contributed by atoms with E-state index in [1.165, 1.54) is 7.11 Å². The molecular weight excluding hydrogens is 438 g/mol. The van der Waals surface area contributed by atoms with Crippen LogP contribution in [0.2, 0.25) is 5.02 Å². The number of rotatable bonds is 14. The first-order valence-corrected chi connectivity index (χ1v) is 11.2. The Bertz CT molecular complexity index is 762. The molecule has 0 saturated heterocycles. The molecule has 32 heavy (non-hydrogen) atoms. The van der Waals surface area contributed by atoms with Gasteiger partial charge in [0.05, 0.1) is 37.0 Å². The molecule has 1 aliphatic carbocycles. The summed E-state index contributed by atoms with van der Waals surface area (Å²) < 4.78 is 10.7. The van der Waals surface area contributed by atoms with E-state index >= 15 is 0 Å². The van der Waals surface area contributed by atoms with Gasteiger partial charge >= 0.3 is 11.9 Å². The van der Waals surface area contributed by atoms with E-state index in [0.717, 1.165) is 18.4 Å². The lowest BCUT2D eigenvalue weighted by Gasteiger charge is -2.32. The number of carbonyl (C=O) groups is 3. The van der Waals surface area contributed by atoms with Gasteiger partial charge in [0, 0.05) is 18.7 Å². The van der Waals surface area contributed by atoms with Crippen LogP contribution in [-0.2, 0) is 30.5 Å². The Morgan fingerprint density at radius 1 is 1.16 bits per heavy atom. The first kappa shape index (κ1) is 26.1. The average Bonchev–Trinajstić information content (AvgIpc) is 3.22. The third-order valence-corrected chi connectivity index (χ3v) is 6.21. The maximum atomic E-state index is 13.3. The molecule has 3 N–H and O–H groups in total. The fraction of sp³-hybridized carbons (Fsp3) is 0.609. The highest BCUT2D eigenvalue weighted by Crippen LogP contribution is 2.44. The van der Waals surface area contributed by atoms with Gasteiger partial charge in [0.25, 0.3) is 0 Å². The van der Waals surface area contributed by atoms with Crippen molar-refractivity contribution in [2.45, 2.75) is 57.6 Å². The number of ether oxygens (including phenoxy) is 2. The van der Waals surface area contributed by atoms with Crippen molar-refractivity contribution in [2.24, 2.45) is 11.3 Å². The fourth-order valence-electron chi connectivity index (χ4n) is 4.22. The summed E-state index contributed by atoms with van der Waals surface area (Å²) in [5.41, 5.74) is 0.0634. The van der Waals surface area contributed by atoms with Crippen LogP contribution in [-0.4, -0.2) is 54.4 Å². The van der Waals surface area contributed by atoms with Crippen molar-refractivity contribution in [1.29, 1.82) is 0 Å². The lowest BCUT2D eigenvalue weighted by atomic mass is 9.75. The maximum Gasteiger partial charge on any atom is 0.306 e. The second-order valence-corrected chi connectivity index (χ2v) is 8.85. The molecule has 0 aromatic heterocycles. The topological polar surface area (TPSA) is 122 Å². The molecule has 1 aromatic carbocycles. The zero-order valence-corrected chi connectivity index (χ0v) is 19.1. The molecule has 1 saturated carbocycles. The van der Waals surface area contributed by atoms with Crippen LogP contribution in [0.1, 0.15) is 50.5 Å². The van der Waals surface area contributed by atoms with Gasteiger partial charge in [-0.25, -0.2) is 0 Å². The molecule has 2 atom stereocenters. The third kappa shape index (κ3) is 8.07. The number of carboxylic acids is 2. The van der Waals surface area contributed by atoms with E-state index in [2.05, 4.69) is 5.32 Å². The number of aliphatic carboxylic acids is 2. The number of benzene rings is 1. The van der Waals surface area contributed by atoms with Crippen LogP contribution in [0.4, 0.5) is 0 Å². The summed E-state index contributed by atoms with van der Waals surface area (Å²) in [4.78, 5) is 36.3. The van der Waals surface area contributed by atoms with Crippen molar-refractivity contribution in [3.05, 3.63) is 34.9 Å². The summed E-state index contributed by atoms with van der Waals surface area (Å²) in [7, 11) is 1.51. The normalized spacial score (nSPS) is 16.9. The highest BCUT2D eigenvalue weighted by atomic mass is 35.5. The van der Waals surface area contributed by atoms with Gasteiger partial charge in [-0.3, -0.25) is 14.4 Å². The second-order valence-electron chi connectivity index (χ2n) is 8.42. The molecule has 1 aliphatic rings. The van der Waals surface area contributed by atoms with Crippen LogP contribution in [0.25, 0.3) is 0 Å². The van der Waals surface area contributed by atoms with Crippen molar-refractivity contribution in [1.82, 2.24) is 5.32 Å². The number of hydrogen-bond donors (Lipinski definition) is 3. The zero-order valence-electron chi connectivity index (χ0n) is 18.3. The number of hydrogen-bond acceptors (Lipinski definition) is 5. The molecule has 178 valence electrons. The average molecular weight is 470 g/mol. The second kappa shape index (κ2) is 12.8. The first-order chi connectivity index (χ1) is 15.3. The summed E-state index contributed by atoms with van der Waals surface area (Å²) in [6, 6.07) is 6.39. The summed E-state index contributed by atoms with van der Waals surface area (Å²) in [5, 5.41) is 22.3. The Balaban J connectivity index is 2.03. The van der Waals surface area contributed by atoms with Gasteiger partial charge in [0.2, 0.25) is 5.91 Å². The largest absolute Gasteiger partial charge is 0.481 e. The van der Waals surface area contributed by atoms with E-state index < -0.39 is 29.3 Å². The number of methoxy groups -OCH3 is 1. The van der Waals surface area contributed by atoms with Crippen molar-refractivity contribution in [3.8, 4) is 0 Å². The molecule has 2 rings (SSSR count). The quantitative estimate of drug-likeness (QED) is 0.381. The minimum atomic E-state index is -1.05. The molecule has 1 fully saturated rings. The maximum absolute atomic E-state index is 13.3. The van der Waals surface area contributed by atoms with Crippen LogP contribution in [0.15, 0.2) is 24.3 Å². The van der Waals surface area contributed by atoms with Gasteiger partial charge in [-0.1, -0.05) is 36.6 Å². The van der Waals surface area contributed by atoms with E-state index in [4.69, 9.17) is 21.1 Å². The van der Waals surface area contributed by atoms with Crippen molar-refractivity contribution in [3.63, 3.8) is 0 Å². The van der Waals surface area contributed by atoms with Gasteiger partial charge in [-0.2, -0.15) is 0 Å². The van der Waals surface area contributed by atoms with Crippen LogP contribution >= 0.6 is 11.6 Å². The van der Waals surface area contributed by atoms with E-state index in [0.29, 0.717) is 30.9 Å². The van der Waals surface area contributed by atoms with E-state index in [1.54, 1.807) is 12.1 Å². The predicted molar refractivity (Wildman–Crippen MR) is 118 cm³/mol. The first-order valence-electron chi connectivity index (χ1n) is 10.8. The molecule has 0 bridgehead atoms. The van der Waals surface area contributed by atoms with Crippen LogP contribution < -0.4 is 5.32 Å². The standard InChI is InChI=1S/C23H32ClNO7/c1-31-11-8-17(21(28)29)13-23(9-2-3-10-23)22(30)25-19(12-20(26)27)15-32-14-16-4-6-18(24)7-5-16/h4-7,17,19H,2-3,8-15H2,1H3,(H,25,30)(H,26,27)(H,28,29). The molecule has 2 unspecified atom stereocenters. The molecule has 1 amide bonds. The Morgan fingerprint density at radius 2 is 1.81 bits per heavy atom. The van der Waals surface area contributed by atoms with E-state index in [-0.39, 0.29) is 32.0 Å². The number of carbonyl (C=O) groups excluding carboxylic acids is 1. The summed E-state index contributed by atoms with van der Waals surface area (Å²) in [5.74, 6) is -2.98. The van der Waals surface area contributed by atoms with Gasteiger partial charge < -0.3 is 25.0 Å². The molecule has 9 heteroatoms. The molecule has 0 heterocycles.